The fourth-order valence-corrected chi connectivity index (χ4v) is 1.24. The van der Waals surface area contributed by atoms with Gasteiger partial charge in [0.25, 0.3) is 10.2 Å². The summed E-state index contributed by atoms with van der Waals surface area (Å²) in [6.45, 7) is 2.05. The molecule has 0 aromatic carbocycles. The third-order valence-corrected chi connectivity index (χ3v) is 1.99. The van der Waals surface area contributed by atoms with Gasteiger partial charge in [-0.1, -0.05) is 6.92 Å². The molecule has 0 rings (SSSR count). The second-order valence-corrected chi connectivity index (χ2v) is 3.46. The van der Waals surface area contributed by atoms with Crippen molar-refractivity contribution in [2.45, 2.75) is 13.3 Å². The maximum absolute atomic E-state index is 10.8. The van der Waals surface area contributed by atoms with Gasteiger partial charge in [0.2, 0.25) is 0 Å². The molecule has 0 radical (unpaired) electrons. The van der Waals surface area contributed by atoms with Crippen molar-refractivity contribution < 1.29 is 8.42 Å². The molecule has 0 aliphatic heterocycles. The fourth-order valence-electron chi connectivity index (χ4n) is 0.415. The van der Waals surface area contributed by atoms with Gasteiger partial charge in [0.05, 0.1) is 12.6 Å². The van der Waals surface area contributed by atoms with Gasteiger partial charge in [-0.2, -0.15) is 18.4 Å². The van der Waals surface area contributed by atoms with E-state index in [0.29, 0.717) is 6.54 Å². The van der Waals surface area contributed by atoms with Crippen molar-refractivity contribution in [1.29, 1.82) is 5.26 Å². The molecule has 0 aromatic rings. The Morgan fingerprint density at radius 1 is 1.45 bits per heavy atom. The highest BCUT2D eigenvalue weighted by atomic mass is 32.2. The number of nitrogens with zero attached hydrogens (tertiary/aromatic N) is 1. The first-order valence-corrected chi connectivity index (χ1v) is 4.72. The highest BCUT2D eigenvalue weighted by Crippen LogP contribution is 1.77. The molecule has 0 fully saturated rings. The number of hydrogen-bond acceptors (Lipinski definition) is 3. The van der Waals surface area contributed by atoms with Gasteiger partial charge in [-0.05, 0) is 6.42 Å². The van der Waals surface area contributed by atoms with E-state index in [1.807, 2.05) is 11.6 Å². The molecule has 0 aliphatic rings. The van der Waals surface area contributed by atoms with Crippen molar-refractivity contribution in [3.8, 4) is 6.07 Å². The zero-order chi connectivity index (χ0) is 8.74. The largest absolute Gasteiger partial charge is 0.277 e. The molecule has 0 aromatic heterocycles. The van der Waals surface area contributed by atoms with Crippen LogP contribution in [0.15, 0.2) is 0 Å². The molecule has 0 unspecified atom stereocenters. The van der Waals surface area contributed by atoms with Gasteiger partial charge in [0.1, 0.15) is 0 Å². The van der Waals surface area contributed by atoms with Gasteiger partial charge in [0, 0.05) is 6.54 Å². The van der Waals surface area contributed by atoms with Crippen LogP contribution in [0.4, 0.5) is 0 Å². The smallest absolute Gasteiger partial charge is 0.202 e. The van der Waals surface area contributed by atoms with Gasteiger partial charge in [-0.15, -0.1) is 0 Å². The Hall–Kier alpha value is -0.640. The Labute approximate surface area is 66.6 Å². The van der Waals surface area contributed by atoms with E-state index in [-0.39, 0.29) is 6.54 Å². The predicted octanol–water partition coefficient (Wildman–Crippen LogP) is -0.656. The molecule has 0 saturated carbocycles. The Morgan fingerprint density at radius 3 is 2.55 bits per heavy atom. The molecule has 0 bridgehead atoms. The van der Waals surface area contributed by atoms with Crippen LogP contribution in [-0.2, 0) is 10.2 Å². The first-order valence-electron chi connectivity index (χ1n) is 3.23. The molecule has 0 heterocycles. The maximum atomic E-state index is 10.8. The summed E-state index contributed by atoms with van der Waals surface area (Å²) in [5, 5.41) is 8.05. The van der Waals surface area contributed by atoms with Crippen LogP contribution in [0.3, 0.4) is 0 Å². The summed E-state index contributed by atoms with van der Waals surface area (Å²) in [7, 11) is -3.43. The quantitative estimate of drug-likeness (QED) is 0.547. The highest BCUT2D eigenvalue weighted by Gasteiger charge is 2.05. The molecular formula is C5H11N3O2S. The summed E-state index contributed by atoms with van der Waals surface area (Å²) in [6, 6.07) is 1.67. The number of hydrogen-bond donors (Lipinski definition) is 2. The fraction of sp³-hybridized carbons (Fsp3) is 0.800. The minimum absolute atomic E-state index is 0.195. The zero-order valence-corrected chi connectivity index (χ0v) is 7.11. The van der Waals surface area contributed by atoms with Gasteiger partial charge in [0.15, 0.2) is 0 Å². The van der Waals surface area contributed by atoms with E-state index in [2.05, 4.69) is 4.72 Å². The van der Waals surface area contributed by atoms with Crippen molar-refractivity contribution in [2.75, 3.05) is 13.1 Å². The summed E-state index contributed by atoms with van der Waals surface area (Å²) < 4.78 is 25.8. The molecule has 0 saturated heterocycles. The third-order valence-electron chi connectivity index (χ3n) is 0.883. The maximum Gasteiger partial charge on any atom is 0.277 e. The van der Waals surface area contributed by atoms with E-state index in [0.717, 1.165) is 6.42 Å². The van der Waals surface area contributed by atoms with E-state index < -0.39 is 10.2 Å². The van der Waals surface area contributed by atoms with E-state index >= 15 is 0 Å². The van der Waals surface area contributed by atoms with Gasteiger partial charge in [-0.3, -0.25) is 0 Å². The molecule has 11 heavy (non-hydrogen) atoms. The minimum Gasteiger partial charge on any atom is -0.202 e. The minimum atomic E-state index is -3.43. The Kier molecular flexibility index (Phi) is 4.77. The Bertz CT molecular complexity index is 229. The average molecular weight is 177 g/mol. The summed E-state index contributed by atoms with van der Waals surface area (Å²) in [5.41, 5.74) is 0. The lowest BCUT2D eigenvalue weighted by atomic mass is 10.5. The lowest BCUT2D eigenvalue weighted by molar-refractivity contribution is 0.570. The molecule has 2 N–H and O–H groups in total. The molecule has 0 atom stereocenters. The van der Waals surface area contributed by atoms with Crippen molar-refractivity contribution in [3.63, 3.8) is 0 Å². The lowest BCUT2D eigenvalue weighted by Gasteiger charge is -2.02. The van der Waals surface area contributed by atoms with Crippen LogP contribution in [0.25, 0.3) is 0 Å². The number of nitriles is 1. The number of nitrogens with one attached hydrogen (secondary N) is 2. The van der Waals surface area contributed by atoms with Crippen molar-refractivity contribution in [2.24, 2.45) is 0 Å². The van der Waals surface area contributed by atoms with Crippen LogP contribution in [0.5, 0.6) is 0 Å². The predicted molar refractivity (Wildman–Crippen MR) is 40.8 cm³/mol. The van der Waals surface area contributed by atoms with Gasteiger partial charge in [-0.25, -0.2) is 4.72 Å². The normalized spacial score (nSPS) is 10.9. The Balaban J connectivity index is 3.74. The zero-order valence-electron chi connectivity index (χ0n) is 6.29. The first kappa shape index (κ1) is 10.4. The topological polar surface area (TPSA) is 82.0 Å². The van der Waals surface area contributed by atoms with Crippen LogP contribution >= 0.6 is 0 Å². The standard InChI is InChI=1S/C5H11N3O2S/c1-2-4-7-11(9,10)8-5-3-6/h7-8H,2,4-5H2,1H3. The van der Waals surface area contributed by atoms with Crippen molar-refractivity contribution in [1.82, 2.24) is 9.44 Å². The Morgan fingerprint density at radius 2 is 2.09 bits per heavy atom. The molecule has 6 heteroatoms. The van der Waals surface area contributed by atoms with Crippen LogP contribution in [0, 0.1) is 11.3 Å². The third kappa shape index (κ3) is 5.79. The summed E-state index contributed by atoms with van der Waals surface area (Å²) in [6.07, 6.45) is 0.730. The molecule has 0 amide bonds. The number of rotatable bonds is 5. The highest BCUT2D eigenvalue weighted by molar-refractivity contribution is 7.87. The molecule has 5 nitrogen and oxygen atoms in total. The van der Waals surface area contributed by atoms with Crippen molar-refractivity contribution >= 4 is 10.2 Å². The monoisotopic (exact) mass is 177 g/mol. The summed E-state index contributed by atoms with van der Waals surface area (Å²) >= 11 is 0. The van der Waals surface area contributed by atoms with Crippen LogP contribution in [-0.4, -0.2) is 21.5 Å². The van der Waals surface area contributed by atoms with E-state index in [4.69, 9.17) is 5.26 Å². The summed E-state index contributed by atoms with van der Waals surface area (Å²) in [4.78, 5) is 0. The van der Waals surface area contributed by atoms with Crippen LogP contribution in [0.2, 0.25) is 0 Å². The van der Waals surface area contributed by atoms with Crippen molar-refractivity contribution in [3.05, 3.63) is 0 Å². The van der Waals surface area contributed by atoms with E-state index in [1.54, 1.807) is 6.07 Å². The first-order chi connectivity index (χ1) is 5.12. The molecule has 64 valence electrons. The van der Waals surface area contributed by atoms with Crippen LogP contribution < -0.4 is 9.44 Å². The van der Waals surface area contributed by atoms with Crippen LogP contribution in [0.1, 0.15) is 13.3 Å². The second kappa shape index (κ2) is 5.07. The van der Waals surface area contributed by atoms with E-state index in [9.17, 15) is 8.42 Å². The van der Waals surface area contributed by atoms with Gasteiger partial charge < -0.3 is 0 Å². The van der Waals surface area contributed by atoms with E-state index in [1.165, 1.54) is 0 Å². The average Bonchev–Trinajstić information content (AvgIpc) is 1.97. The second-order valence-electron chi connectivity index (χ2n) is 1.88. The lowest BCUT2D eigenvalue weighted by Crippen LogP contribution is -2.36. The molecule has 0 aliphatic carbocycles. The molecular weight excluding hydrogens is 166 g/mol. The summed E-state index contributed by atoms with van der Waals surface area (Å²) in [5.74, 6) is 0. The van der Waals surface area contributed by atoms with Gasteiger partial charge >= 0.3 is 0 Å². The SMILES string of the molecule is CCCNS(=O)(=O)NCC#N. The molecule has 0 spiro atoms.